The molecule has 1 aromatic rings. The second-order valence-corrected chi connectivity index (χ2v) is 5.83. The first-order valence-corrected chi connectivity index (χ1v) is 7.87. The van der Waals surface area contributed by atoms with Crippen LogP contribution in [0.2, 0.25) is 0 Å². The molecule has 1 heterocycles. The van der Waals surface area contributed by atoms with Crippen molar-refractivity contribution in [3.63, 3.8) is 0 Å². The van der Waals surface area contributed by atoms with E-state index in [1.807, 2.05) is 31.2 Å². The first-order chi connectivity index (χ1) is 10.1. The highest BCUT2D eigenvalue weighted by Crippen LogP contribution is 2.13. The minimum absolute atomic E-state index is 0. The number of hydrogen-bond acceptors (Lipinski definition) is 3. The van der Waals surface area contributed by atoms with E-state index in [0.717, 1.165) is 31.6 Å². The zero-order chi connectivity index (χ0) is 15.1. The van der Waals surface area contributed by atoms with E-state index in [1.54, 1.807) is 0 Å². The van der Waals surface area contributed by atoms with E-state index in [-0.39, 0.29) is 24.4 Å². The summed E-state index contributed by atoms with van der Waals surface area (Å²) in [6, 6.07) is 8.61. The van der Waals surface area contributed by atoms with Crippen LogP contribution in [-0.2, 0) is 4.79 Å². The van der Waals surface area contributed by atoms with Crippen LogP contribution in [0.3, 0.4) is 0 Å². The van der Waals surface area contributed by atoms with Gasteiger partial charge in [-0.15, -0.1) is 12.4 Å². The van der Waals surface area contributed by atoms with Crippen molar-refractivity contribution in [1.29, 1.82) is 0 Å². The van der Waals surface area contributed by atoms with E-state index in [4.69, 9.17) is 4.74 Å². The maximum atomic E-state index is 11.9. The third-order valence-electron chi connectivity index (χ3n) is 3.91. The van der Waals surface area contributed by atoms with Gasteiger partial charge >= 0.3 is 0 Å². The van der Waals surface area contributed by atoms with Gasteiger partial charge in [0.15, 0.2) is 0 Å². The lowest BCUT2D eigenvalue weighted by molar-refractivity contribution is -0.122. The highest BCUT2D eigenvalue weighted by molar-refractivity contribution is 5.85. The first kappa shape index (κ1) is 18.8. The molecule has 124 valence electrons. The number of rotatable bonds is 6. The van der Waals surface area contributed by atoms with Gasteiger partial charge in [-0.2, -0.15) is 0 Å². The van der Waals surface area contributed by atoms with E-state index in [9.17, 15) is 4.79 Å². The molecular formula is C17H27ClN2O2. The van der Waals surface area contributed by atoms with Gasteiger partial charge in [-0.25, -0.2) is 0 Å². The molecule has 2 rings (SSSR count). The van der Waals surface area contributed by atoms with Gasteiger partial charge in [-0.3, -0.25) is 4.79 Å². The van der Waals surface area contributed by atoms with Crippen LogP contribution < -0.4 is 15.4 Å². The quantitative estimate of drug-likeness (QED) is 0.790. The summed E-state index contributed by atoms with van der Waals surface area (Å²) in [7, 11) is 0. The average Bonchev–Trinajstić information content (AvgIpc) is 2.46. The van der Waals surface area contributed by atoms with Crippen molar-refractivity contribution in [1.82, 2.24) is 10.6 Å². The van der Waals surface area contributed by atoms with Gasteiger partial charge in [0.05, 0.1) is 6.61 Å². The Balaban J connectivity index is 0.00000242. The predicted molar refractivity (Wildman–Crippen MR) is 91.8 cm³/mol. The second-order valence-electron chi connectivity index (χ2n) is 5.83. The summed E-state index contributed by atoms with van der Waals surface area (Å²) in [5, 5.41) is 6.51. The monoisotopic (exact) mass is 326 g/mol. The Morgan fingerprint density at radius 3 is 3.00 bits per heavy atom. The molecule has 22 heavy (non-hydrogen) atoms. The molecule has 1 amide bonds. The molecule has 0 saturated carbocycles. The summed E-state index contributed by atoms with van der Waals surface area (Å²) in [5.74, 6) is 1.00. The fourth-order valence-electron chi connectivity index (χ4n) is 2.65. The standard InChI is InChI=1S/C17H26N2O2.ClH/c1-13-6-3-7-15(12-13)21-11-5-9-17(20)19-16-8-4-10-18-14(16)2;/h3,6-7,12,14,16,18H,4-5,8-11H2,1-2H3,(H,19,20);1H. The van der Waals surface area contributed by atoms with Gasteiger partial charge in [-0.1, -0.05) is 12.1 Å². The zero-order valence-corrected chi connectivity index (χ0v) is 14.2. The average molecular weight is 327 g/mol. The maximum Gasteiger partial charge on any atom is 0.220 e. The summed E-state index contributed by atoms with van der Waals surface area (Å²) in [4.78, 5) is 11.9. The van der Waals surface area contributed by atoms with Crippen molar-refractivity contribution < 1.29 is 9.53 Å². The van der Waals surface area contributed by atoms with Crippen LogP contribution >= 0.6 is 12.4 Å². The molecule has 5 heteroatoms. The maximum absolute atomic E-state index is 11.9. The van der Waals surface area contributed by atoms with Crippen molar-refractivity contribution in [2.24, 2.45) is 0 Å². The molecule has 1 saturated heterocycles. The Bertz CT molecular complexity index is 468. The zero-order valence-electron chi connectivity index (χ0n) is 13.4. The molecular weight excluding hydrogens is 300 g/mol. The van der Waals surface area contributed by atoms with Crippen LogP contribution in [-0.4, -0.2) is 31.1 Å². The van der Waals surface area contributed by atoms with Gasteiger partial charge in [0.25, 0.3) is 0 Å². The van der Waals surface area contributed by atoms with Gasteiger partial charge in [0.2, 0.25) is 5.91 Å². The number of halogens is 1. The lowest BCUT2D eigenvalue weighted by atomic mass is 10.00. The second kappa shape index (κ2) is 9.70. The molecule has 0 bridgehead atoms. The van der Waals surface area contributed by atoms with Gasteiger partial charge in [-0.05, 0) is 57.4 Å². The van der Waals surface area contributed by atoms with Crippen LogP contribution in [0.1, 0.15) is 38.2 Å². The van der Waals surface area contributed by atoms with Crippen LogP contribution in [0, 0.1) is 6.92 Å². The minimum Gasteiger partial charge on any atom is -0.494 e. The van der Waals surface area contributed by atoms with Gasteiger partial charge in [0.1, 0.15) is 5.75 Å². The lowest BCUT2D eigenvalue weighted by Gasteiger charge is -2.30. The van der Waals surface area contributed by atoms with Crippen molar-refractivity contribution >= 4 is 18.3 Å². The number of amides is 1. The molecule has 0 radical (unpaired) electrons. The number of ether oxygens (including phenoxy) is 1. The molecule has 0 aromatic heterocycles. The Morgan fingerprint density at radius 2 is 2.27 bits per heavy atom. The number of benzene rings is 1. The summed E-state index contributed by atoms with van der Waals surface area (Å²) in [6.45, 7) is 5.80. The Kier molecular flexibility index (Phi) is 8.28. The smallest absolute Gasteiger partial charge is 0.220 e. The first-order valence-electron chi connectivity index (χ1n) is 7.87. The van der Waals surface area contributed by atoms with E-state index in [0.29, 0.717) is 19.1 Å². The van der Waals surface area contributed by atoms with Crippen LogP contribution in [0.4, 0.5) is 0 Å². The molecule has 1 aromatic carbocycles. The molecule has 4 nitrogen and oxygen atoms in total. The third-order valence-corrected chi connectivity index (χ3v) is 3.91. The molecule has 1 aliphatic heterocycles. The Morgan fingerprint density at radius 1 is 1.45 bits per heavy atom. The third kappa shape index (κ3) is 6.24. The number of piperidine rings is 1. The van der Waals surface area contributed by atoms with E-state index in [1.165, 1.54) is 5.56 Å². The van der Waals surface area contributed by atoms with E-state index < -0.39 is 0 Å². The van der Waals surface area contributed by atoms with Gasteiger partial charge < -0.3 is 15.4 Å². The van der Waals surface area contributed by atoms with E-state index >= 15 is 0 Å². The fraction of sp³-hybridized carbons (Fsp3) is 0.588. The number of carbonyl (C=O) groups is 1. The van der Waals surface area contributed by atoms with Gasteiger partial charge in [0, 0.05) is 18.5 Å². The van der Waals surface area contributed by atoms with E-state index in [2.05, 4.69) is 17.6 Å². The molecule has 2 atom stereocenters. The van der Waals surface area contributed by atoms with Crippen molar-refractivity contribution in [3.8, 4) is 5.75 Å². The highest BCUT2D eigenvalue weighted by atomic mass is 35.5. The molecule has 0 spiro atoms. The molecule has 1 fully saturated rings. The molecule has 2 unspecified atom stereocenters. The predicted octanol–water partition coefficient (Wildman–Crippen LogP) is 2.83. The minimum atomic E-state index is 0. The van der Waals surface area contributed by atoms with Crippen LogP contribution in [0.15, 0.2) is 24.3 Å². The molecule has 2 N–H and O–H groups in total. The highest BCUT2D eigenvalue weighted by Gasteiger charge is 2.21. The largest absolute Gasteiger partial charge is 0.494 e. The summed E-state index contributed by atoms with van der Waals surface area (Å²) in [5.41, 5.74) is 1.18. The summed E-state index contributed by atoms with van der Waals surface area (Å²) < 4.78 is 5.66. The van der Waals surface area contributed by atoms with Crippen LogP contribution in [0.5, 0.6) is 5.75 Å². The Labute approximate surface area is 139 Å². The fourth-order valence-corrected chi connectivity index (χ4v) is 2.65. The normalized spacial score (nSPS) is 20.8. The summed E-state index contributed by atoms with van der Waals surface area (Å²) >= 11 is 0. The van der Waals surface area contributed by atoms with Crippen molar-refractivity contribution in [2.45, 2.75) is 51.6 Å². The summed E-state index contributed by atoms with van der Waals surface area (Å²) in [6.07, 6.45) is 3.47. The van der Waals surface area contributed by atoms with Crippen molar-refractivity contribution in [3.05, 3.63) is 29.8 Å². The molecule has 0 aliphatic carbocycles. The number of hydrogen-bond donors (Lipinski definition) is 2. The van der Waals surface area contributed by atoms with Crippen molar-refractivity contribution in [2.75, 3.05) is 13.2 Å². The number of carbonyl (C=O) groups excluding carboxylic acids is 1. The number of aryl methyl sites for hydroxylation is 1. The molecule has 1 aliphatic rings. The lowest BCUT2D eigenvalue weighted by Crippen LogP contribution is -2.51. The number of nitrogens with one attached hydrogen (secondary N) is 2. The Hall–Kier alpha value is -1.26. The van der Waals surface area contributed by atoms with Crippen LogP contribution in [0.25, 0.3) is 0 Å². The SMILES string of the molecule is Cc1cccc(OCCCC(=O)NC2CCCNC2C)c1.Cl. The topological polar surface area (TPSA) is 50.4 Å².